The number of anilines is 6. The van der Waals surface area contributed by atoms with Crippen molar-refractivity contribution in [1.29, 1.82) is 0 Å². The van der Waals surface area contributed by atoms with Gasteiger partial charge in [-0.2, -0.15) is 0 Å². The minimum atomic E-state index is -0.138. The minimum Gasteiger partial charge on any atom is -0.311 e. The van der Waals surface area contributed by atoms with Crippen LogP contribution in [0.3, 0.4) is 0 Å². The molecule has 2 aliphatic heterocycles. The Labute approximate surface area is 497 Å². The van der Waals surface area contributed by atoms with Crippen LogP contribution in [0.25, 0.3) is 98.9 Å². The zero-order chi connectivity index (χ0) is 57.3. The molecule has 14 aromatic rings. The largest absolute Gasteiger partial charge is 0.311 e. The lowest BCUT2D eigenvalue weighted by Gasteiger charge is -2.45. The van der Waals surface area contributed by atoms with Gasteiger partial charge < -0.3 is 9.80 Å². The summed E-state index contributed by atoms with van der Waals surface area (Å²) in [5, 5.41) is 10.8. The number of hydrogen-bond acceptors (Lipinski definition) is 4. The molecule has 0 atom stereocenters. The summed E-state index contributed by atoms with van der Waals surface area (Å²) in [5.41, 5.74) is 21.3. The van der Waals surface area contributed by atoms with Crippen LogP contribution in [-0.2, 0) is 10.8 Å². The van der Waals surface area contributed by atoms with E-state index in [1.165, 1.54) is 82.0 Å². The number of hydrogen-bond donors (Lipinski definition) is 0. The lowest BCUT2D eigenvalue weighted by Crippen LogP contribution is -2.61. The van der Waals surface area contributed by atoms with E-state index in [-0.39, 0.29) is 17.5 Å². The Bertz CT molecular complexity index is 4750. The Balaban J connectivity index is 1.03. The van der Waals surface area contributed by atoms with E-state index in [2.05, 4.69) is 312 Å². The number of benzene rings is 13. The van der Waals surface area contributed by atoms with Gasteiger partial charge in [-0.25, -0.2) is 9.97 Å². The van der Waals surface area contributed by atoms with Crippen LogP contribution in [-0.4, -0.2) is 16.7 Å². The summed E-state index contributed by atoms with van der Waals surface area (Å²) in [6, 6.07) is 97.3. The van der Waals surface area contributed by atoms with Crippen molar-refractivity contribution >= 4 is 111 Å². The van der Waals surface area contributed by atoms with Gasteiger partial charge in [0.1, 0.15) is 0 Å². The zero-order valence-electron chi connectivity index (χ0n) is 48.7. The second-order valence-electron chi connectivity index (χ2n) is 25.4. The van der Waals surface area contributed by atoms with Gasteiger partial charge in [0.2, 0.25) is 0 Å². The Hall–Kier alpha value is -10.1. The second kappa shape index (κ2) is 19.2. The maximum atomic E-state index is 5.84. The quantitative estimate of drug-likeness (QED) is 0.123. The molecule has 16 rings (SSSR count). The summed E-state index contributed by atoms with van der Waals surface area (Å²) < 4.78 is 0. The van der Waals surface area contributed by atoms with Crippen molar-refractivity contribution in [2.24, 2.45) is 0 Å². The molecule has 0 saturated carbocycles. The van der Waals surface area contributed by atoms with Gasteiger partial charge in [-0.3, -0.25) is 0 Å². The Kier molecular flexibility index (Phi) is 11.5. The molecule has 0 saturated heterocycles. The zero-order valence-corrected chi connectivity index (χ0v) is 48.7. The normalized spacial score (nSPS) is 13.0. The molecule has 0 unspecified atom stereocenters. The molecule has 3 heterocycles. The Morgan fingerprint density at radius 3 is 1.21 bits per heavy atom. The monoisotopic (exact) mass is 1090 g/mol. The average molecular weight is 1090 g/mol. The topological polar surface area (TPSA) is 32.3 Å². The molecule has 0 bridgehead atoms. The molecule has 13 aromatic carbocycles. The van der Waals surface area contributed by atoms with Gasteiger partial charge in [0.15, 0.2) is 5.82 Å². The highest BCUT2D eigenvalue weighted by Crippen LogP contribution is 2.49. The standard InChI is InChI=1S/C80H61BN4/c1-79(2,3)60-33-37-62(38-34-60)84-72-48-67-54(31-29-52-23-13-15-25-64(52)67)44-69(72)81-70-45-55-32-30-53-24-14-16-26-65(53)68(55)49-73(70)85(63-39-35-61(36-40-63)80(4,5)6)75-47-58(46-74(84)76(75)81)77-66-27-17-18-28-71(66)82-78(83-77)59-42-56(50-19-9-7-10-20-50)41-57(43-59)51-21-11-8-12-22-51/h7-49H,1-6H3. The Morgan fingerprint density at radius 2 is 0.729 bits per heavy atom. The van der Waals surface area contributed by atoms with E-state index in [1.807, 2.05) is 0 Å². The van der Waals surface area contributed by atoms with E-state index in [1.54, 1.807) is 0 Å². The fraction of sp³-hybridized carbons (Fsp3) is 0.100. The third-order valence-electron chi connectivity index (χ3n) is 18.1. The van der Waals surface area contributed by atoms with E-state index in [9.17, 15) is 0 Å². The van der Waals surface area contributed by atoms with Crippen LogP contribution in [0.4, 0.5) is 34.1 Å². The van der Waals surface area contributed by atoms with Gasteiger partial charge in [0.05, 0.1) is 11.2 Å². The molecule has 0 N–H and O–H groups in total. The van der Waals surface area contributed by atoms with Crippen molar-refractivity contribution < 1.29 is 0 Å². The maximum absolute atomic E-state index is 5.84. The van der Waals surface area contributed by atoms with Crippen LogP contribution in [0.15, 0.2) is 261 Å². The van der Waals surface area contributed by atoms with Crippen LogP contribution in [0.2, 0.25) is 0 Å². The van der Waals surface area contributed by atoms with E-state index in [0.29, 0.717) is 5.82 Å². The molecule has 5 heteroatoms. The molecular formula is C80H61BN4. The molecule has 0 spiro atoms. The highest BCUT2D eigenvalue weighted by molar-refractivity contribution is 7.00. The third-order valence-corrected chi connectivity index (χ3v) is 18.1. The van der Waals surface area contributed by atoms with Crippen molar-refractivity contribution in [2.75, 3.05) is 9.80 Å². The van der Waals surface area contributed by atoms with E-state index < -0.39 is 0 Å². The van der Waals surface area contributed by atoms with Gasteiger partial charge in [0.25, 0.3) is 6.71 Å². The molecule has 0 fully saturated rings. The first-order chi connectivity index (χ1) is 41.4. The summed E-state index contributed by atoms with van der Waals surface area (Å²) in [5.74, 6) is 0.671. The summed E-state index contributed by atoms with van der Waals surface area (Å²) in [6.07, 6.45) is 0. The molecule has 1 aromatic heterocycles. The van der Waals surface area contributed by atoms with Crippen LogP contribution in [0.1, 0.15) is 52.7 Å². The van der Waals surface area contributed by atoms with Crippen molar-refractivity contribution in [3.05, 3.63) is 272 Å². The van der Waals surface area contributed by atoms with Crippen molar-refractivity contribution in [2.45, 2.75) is 52.4 Å². The van der Waals surface area contributed by atoms with Crippen molar-refractivity contribution in [3.63, 3.8) is 0 Å². The average Bonchev–Trinajstić information content (AvgIpc) is 0.741. The molecule has 2 aliphatic rings. The van der Waals surface area contributed by atoms with Crippen LogP contribution in [0.5, 0.6) is 0 Å². The molecule has 0 radical (unpaired) electrons. The molecule has 0 aliphatic carbocycles. The molecular weight excluding hydrogens is 1030 g/mol. The highest BCUT2D eigenvalue weighted by Gasteiger charge is 2.44. The van der Waals surface area contributed by atoms with E-state index >= 15 is 0 Å². The first-order valence-electron chi connectivity index (χ1n) is 29.8. The number of fused-ring (bicyclic) bond motifs is 11. The minimum absolute atomic E-state index is 0.0350. The third kappa shape index (κ3) is 8.43. The summed E-state index contributed by atoms with van der Waals surface area (Å²) >= 11 is 0. The lowest BCUT2D eigenvalue weighted by molar-refractivity contribution is 0.590. The van der Waals surface area contributed by atoms with Crippen LogP contribution in [0, 0.1) is 0 Å². The number of para-hydroxylation sites is 1. The molecule has 4 nitrogen and oxygen atoms in total. The predicted molar refractivity (Wildman–Crippen MR) is 363 cm³/mol. The van der Waals surface area contributed by atoms with Gasteiger partial charge in [-0.15, -0.1) is 0 Å². The second-order valence-corrected chi connectivity index (χ2v) is 25.4. The maximum Gasteiger partial charge on any atom is 0.252 e. The fourth-order valence-corrected chi connectivity index (χ4v) is 13.7. The summed E-state index contributed by atoms with van der Waals surface area (Å²) in [6.45, 7) is 13.7. The van der Waals surface area contributed by atoms with E-state index in [4.69, 9.17) is 9.97 Å². The summed E-state index contributed by atoms with van der Waals surface area (Å²) in [7, 11) is 0. The smallest absolute Gasteiger partial charge is 0.252 e. The van der Waals surface area contributed by atoms with Crippen molar-refractivity contribution in [3.8, 4) is 44.9 Å². The van der Waals surface area contributed by atoms with E-state index in [0.717, 1.165) is 72.7 Å². The molecule has 85 heavy (non-hydrogen) atoms. The first-order valence-corrected chi connectivity index (χ1v) is 29.8. The number of rotatable bonds is 6. The molecule has 404 valence electrons. The van der Waals surface area contributed by atoms with Gasteiger partial charge in [0, 0.05) is 50.6 Å². The highest BCUT2D eigenvalue weighted by atomic mass is 15.2. The van der Waals surface area contributed by atoms with Crippen LogP contribution < -0.4 is 26.2 Å². The number of nitrogens with zero attached hydrogens (tertiary/aromatic N) is 4. The van der Waals surface area contributed by atoms with Gasteiger partial charge >= 0.3 is 0 Å². The number of aromatic nitrogens is 2. The fourth-order valence-electron chi connectivity index (χ4n) is 13.7. The van der Waals surface area contributed by atoms with Crippen LogP contribution >= 0.6 is 0 Å². The van der Waals surface area contributed by atoms with Gasteiger partial charge in [-0.05, 0) is 176 Å². The Morgan fingerprint density at radius 1 is 0.306 bits per heavy atom. The first kappa shape index (κ1) is 50.6. The predicted octanol–water partition coefficient (Wildman–Crippen LogP) is 19.6. The van der Waals surface area contributed by atoms with Gasteiger partial charge in [-0.1, -0.05) is 230 Å². The SMILES string of the molecule is CC(C)(C)c1ccc(N2c3cc4c(ccc5ccccc54)cc3B3c4cc5ccc6ccccc6c5cc4N(c4ccc(C(C)(C)C)cc4)c4cc(-c5nc(-c6cc(-c7ccccc7)cc(-c7ccccc7)c6)nc6ccccc56)cc2c43)cc1. The lowest BCUT2D eigenvalue weighted by atomic mass is 9.33. The molecule has 0 amide bonds. The summed E-state index contributed by atoms with van der Waals surface area (Å²) in [4.78, 5) is 16.4. The van der Waals surface area contributed by atoms with Crippen molar-refractivity contribution in [1.82, 2.24) is 9.97 Å².